The number of aromatic nitrogens is 2. The highest BCUT2D eigenvalue weighted by molar-refractivity contribution is 7.13. The molecule has 4 heterocycles. The van der Waals surface area contributed by atoms with E-state index in [1.165, 1.54) is 32.5 Å². The SMILES string of the molecule is CCOC(=O)c1csc(-c2cccc(C#C[C@]3(O)CCN(C)C3=O)c2)n1.CN1CC[C@@](O)(C#Cc2cccc(-c3nc(C(N)=O)cs3)c2)C1=O.N. The fraction of sp³-hybridized carbons (Fsp3) is 0.278. The highest BCUT2D eigenvalue weighted by atomic mass is 32.1. The van der Waals surface area contributed by atoms with Crippen LogP contribution in [0.3, 0.4) is 0 Å². The summed E-state index contributed by atoms with van der Waals surface area (Å²) in [6, 6.07) is 14.5. The third kappa shape index (κ3) is 8.85. The molecule has 0 bridgehead atoms. The number of benzene rings is 2. The number of nitrogens with two attached hydrogens (primary N) is 1. The highest BCUT2D eigenvalue weighted by Gasteiger charge is 2.43. The molecular formula is C36H36N6O7S2. The summed E-state index contributed by atoms with van der Waals surface area (Å²) >= 11 is 2.65. The number of ether oxygens (including phenoxy) is 1. The van der Waals surface area contributed by atoms with E-state index in [1.807, 2.05) is 24.3 Å². The van der Waals surface area contributed by atoms with E-state index < -0.39 is 23.1 Å². The standard InChI is InChI=1S/C19H18N2O4S.C17H15N3O3S.H3N/c1-3-25-17(22)15-12-26-16(20-15)14-6-4-5-13(11-14)7-8-19(24)9-10-21(2)18(19)23;1-20-8-7-17(23,16(20)22)6-5-11-3-2-4-12(9-11)15-19-13(10-24-15)14(18)21;/h4-6,11-12,24H,3,9-10H2,1-2H3;2-4,9-10,23H,7-8H2,1H3,(H2,18,21);1H3/t19-;17-;/m00./s1. The van der Waals surface area contributed by atoms with E-state index in [-0.39, 0.29) is 29.4 Å². The Morgan fingerprint density at radius 3 is 1.69 bits per heavy atom. The first-order chi connectivity index (χ1) is 23.8. The van der Waals surface area contributed by atoms with Crippen molar-refractivity contribution in [2.45, 2.75) is 31.0 Å². The van der Waals surface area contributed by atoms with Crippen molar-refractivity contribution in [2.24, 2.45) is 5.73 Å². The summed E-state index contributed by atoms with van der Waals surface area (Å²) in [4.78, 5) is 58.2. The van der Waals surface area contributed by atoms with Gasteiger partial charge < -0.3 is 36.6 Å². The maximum atomic E-state index is 12.0. The van der Waals surface area contributed by atoms with E-state index in [9.17, 15) is 29.4 Å². The second-order valence-electron chi connectivity index (χ2n) is 11.5. The number of hydrogen-bond donors (Lipinski definition) is 4. The molecule has 4 aromatic rings. The van der Waals surface area contributed by atoms with E-state index in [2.05, 4.69) is 33.6 Å². The molecule has 15 heteroatoms. The van der Waals surface area contributed by atoms with E-state index in [4.69, 9.17) is 10.5 Å². The Morgan fingerprint density at radius 1 is 0.843 bits per heavy atom. The van der Waals surface area contributed by atoms with Gasteiger partial charge in [0.2, 0.25) is 11.2 Å². The van der Waals surface area contributed by atoms with E-state index in [0.717, 1.165) is 11.1 Å². The number of likely N-dealkylation sites (tertiary alicyclic amines) is 2. The summed E-state index contributed by atoms with van der Waals surface area (Å²) in [5.74, 6) is 9.34. The summed E-state index contributed by atoms with van der Waals surface area (Å²) in [7, 11) is 3.29. The van der Waals surface area contributed by atoms with Gasteiger partial charge in [-0.15, -0.1) is 22.7 Å². The minimum atomic E-state index is -1.62. The number of aliphatic hydroxyl groups is 2. The Labute approximate surface area is 302 Å². The molecule has 2 atom stereocenters. The van der Waals surface area contributed by atoms with Crippen molar-refractivity contribution < 1.29 is 34.1 Å². The molecule has 264 valence electrons. The predicted octanol–water partition coefficient (Wildman–Crippen LogP) is 2.95. The van der Waals surface area contributed by atoms with Gasteiger partial charge in [0, 0.05) is 73.0 Å². The number of primary amides is 1. The lowest BCUT2D eigenvalue weighted by Gasteiger charge is -2.13. The van der Waals surface area contributed by atoms with Gasteiger partial charge >= 0.3 is 5.97 Å². The molecule has 7 N–H and O–H groups in total. The molecule has 51 heavy (non-hydrogen) atoms. The van der Waals surface area contributed by atoms with Crippen LogP contribution in [0.25, 0.3) is 21.1 Å². The molecule has 0 saturated carbocycles. The molecule has 6 rings (SSSR count). The Kier molecular flexibility index (Phi) is 12.1. The fourth-order valence-electron chi connectivity index (χ4n) is 4.98. The van der Waals surface area contributed by atoms with Gasteiger partial charge in [0.15, 0.2) is 5.69 Å². The molecule has 2 aromatic carbocycles. The van der Waals surface area contributed by atoms with Crippen LogP contribution < -0.4 is 11.9 Å². The summed E-state index contributed by atoms with van der Waals surface area (Å²) in [5, 5.41) is 25.3. The minimum Gasteiger partial charge on any atom is -0.461 e. The number of carbonyl (C=O) groups excluding carboxylic acids is 4. The molecule has 2 saturated heterocycles. The molecular weight excluding hydrogens is 693 g/mol. The second kappa shape index (κ2) is 16.1. The van der Waals surface area contributed by atoms with Crippen LogP contribution in [0.15, 0.2) is 59.3 Å². The Balaban J connectivity index is 0.000000225. The van der Waals surface area contributed by atoms with Crippen molar-refractivity contribution in [2.75, 3.05) is 33.8 Å². The number of amides is 3. The van der Waals surface area contributed by atoms with Gasteiger partial charge in [-0.05, 0) is 31.2 Å². The molecule has 0 aliphatic carbocycles. The van der Waals surface area contributed by atoms with Crippen LogP contribution in [0.4, 0.5) is 0 Å². The molecule has 3 amide bonds. The third-order valence-corrected chi connectivity index (χ3v) is 9.59. The minimum absolute atomic E-state index is 0. The molecule has 2 fully saturated rings. The van der Waals surface area contributed by atoms with Crippen LogP contribution in [-0.2, 0) is 14.3 Å². The van der Waals surface area contributed by atoms with Gasteiger partial charge in [-0.2, -0.15) is 0 Å². The number of rotatable bonds is 5. The van der Waals surface area contributed by atoms with Gasteiger partial charge in [0.05, 0.1) is 6.61 Å². The van der Waals surface area contributed by atoms with Crippen molar-refractivity contribution in [1.29, 1.82) is 0 Å². The summed E-state index contributed by atoms with van der Waals surface area (Å²) in [6.07, 6.45) is 0.591. The Hall–Kier alpha value is -5.42. The topological polar surface area (TPSA) is 211 Å². The zero-order chi connectivity index (χ0) is 36.1. The number of nitrogens with zero attached hydrogens (tertiary/aromatic N) is 4. The predicted molar refractivity (Wildman–Crippen MR) is 193 cm³/mol. The average Bonchev–Trinajstić information content (AvgIpc) is 3.91. The van der Waals surface area contributed by atoms with Crippen LogP contribution in [-0.4, -0.2) is 98.7 Å². The number of esters is 1. The van der Waals surface area contributed by atoms with E-state index in [0.29, 0.717) is 53.7 Å². The second-order valence-corrected chi connectivity index (χ2v) is 13.2. The quantitative estimate of drug-likeness (QED) is 0.174. The van der Waals surface area contributed by atoms with Crippen molar-refractivity contribution in [3.05, 3.63) is 81.8 Å². The maximum Gasteiger partial charge on any atom is 0.357 e. The smallest absolute Gasteiger partial charge is 0.357 e. The molecule has 0 spiro atoms. The monoisotopic (exact) mass is 728 g/mol. The highest BCUT2D eigenvalue weighted by Crippen LogP contribution is 2.27. The average molecular weight is 729 g/mol. The molecule has 2 aliphatic rings. The van der Waals surface area contributed by atoms with Crippen molar-refractivity contribution >= 4 is 46.4 Å². The van der Waals surface area contributed by atoms with E-state index >= 15 is 0 Å². The van der Waals surface area contributed by atoms with Crippen LogP contribution in [0, 0.1) is 23.7 Å². The van der Waals surface area contributed by atoms with Crippen LogP contribution >= 0.6 is 22.7 Å². The lowest BCUT2D eigenvalue weighted by Crippen LogP contribution is -2.37. The van der Waals surface area contributed by atoms with Crippen molar-refractivity contribution in [3.8, 4) is 44.8 Å². The van der Waals surface area contributed by atoms with Crippen LogP contribution in [0.1, 0.15) is 51.9 Å². The van der Waals surface area contributed by atoms with Gasteiger partial charge in [-0.3, -0.25) is 14.4 Å². The Bertz CT molecular complexity index is 2090. The fourth-order valence-corrected chi connectivity index (χ4v) is 6.57. The molecule has 2 aromatic heterocycles. The first-order valence-corrected chi connectivity index (χ1v) is 17.2. The van der Waals surface area contributed by atoms with Crippen LogP contribution in [0.5, 0.6) is 0 Å². The zero-order valence-corrected chi connectivity index (χ0v) is 29.8. The van der Waals surface area contributed by atoms with E-state index in [1.54, 1.807) is 56.0 Å². The van der Waals surface area contributed by atoms with Crippen molar-refractivity contribution in [3.63, 3.8) is 0 Å². The number of carbonyl (C=O) groups is 4. The summed E-state index contributed by atoms with van der Waals surface area (Å²) in [5.41, 5.74) is 5.37. The molecule has 0 unspecified atom stereocenters. The first kappa shape index (κ1) is 38.4. The molecule has 0 radical (unpaired) electrons. The number of thiazole rings is 2. The van der Waals surface area contributed by atoms with Gasteiger partial charge in [0.25, 0.3) is 17.7 Å². The van der Waals surface area contributed by atoms with Crippen molar-refractivity contribution in [1.82, 2.24) is 25.9 Å². The summed E-state index contributed by atoms with van der Waals surface area (Å²) in [6.45, 7) is 3.01. The molecule has 13 nitrogen and oxygen atoms in total. The third-order valence-electron chi connectivity index (χ3n) is 7.81. The lowest BCUT2D eigenvalue weighted by atomic mass is 10.0. The largest absolute Gasteiger partial charge is 0.461 e. The Morgan fingerprint density at radius 2 is 1.29 bits per heavy atom. The van der Waals surface area contributed by atoms with Crippen LogP contribution in [0.2, 0.25) is 0 Å². The van der Waals surface area contributed by atoms with Gasteiger partial charge in [-0.25, -0.2) is 14.8 Å². The molecule has 2 aliphatic heterocycles. The lowest BCUT2D eigenvalue weighted by molar-refractivity contribution is -0.138. The normalized spacial score (nSPS) is 19.2. The number of hydrogen-bond acceptors (Lipinski definition) is 12. The first-order valence-electron chi connectivity index (χ1n) is 15.4. The van der Waals surface area contributed by atoms with Gasteiger partial charge in [0.1, 0.15) is 15.7 Å². The van der Waals surface area contributed by atoms with Gasteiger partial charge in [-0.1, -0.05) is 47.9 Å². The summed E-state index contributed by atoms with van der Waals surface area (Å²) < 4.78 is 4.95. The number of likely N-dealkylation sites (N-methyl/N-ethyl adjacent to an activating group) is 2. The zero-order valence-electron chi connectivity index (χ0n) is 28.1. The maximum absolute atomic E-state index is 12.0.